The molecule has 114 valence electrons. The third kappa shape index (κ3) is 2.84. The Morgan fingerprint density at radius 3 is 2.76 bits per heavy atom. The Morgan fingerprint density at radius 2 is 2.05 bits per heavy atom. The molecule has 1 saturated heterocycles. The van der Waals surface area contributed by atoms with Crippen LogP contribution in [0.1, 0.15) is 55.8 Å². The summed E-state index contributed by atoms with van der Waals surface area (Å²) in [6, 6.07) is 7.97. The third-order valence-electron chi connectivity index (χ3n) is 5.30. The first kappa shape index (κ1) is 14.6. The first-order chi connectivity index (χ1) is 10.1. The Labute approximate surface area is 127 Å². The first-order valence-corrected chi connectivity index (χ1v) is 8.23. The van der Waals surface area contributed by atoms with Crippen molar-refractivity contribution in [2.24, 2.45) is 5.92 Å². The van der Waals surface area contributed by atoms with Crippen LogP contribution in [0.2, 0.25) is 0 Å². The highest BCUT2D eigenvalue weighted by molar-refractivity contribution is 5.96. The molecule has 3 rings (SSSR count). The molecule has 2 unspecified atom stereocenters. The highest BCUT2D eigenvalue weighted by Gasteiger charge is 2.42. The van der Waals surface area contributed by atoms with Crippen LogP contribution in [0.25, 0.3) is 0 Å². The zero-order valence-electron chi connectivity index (χ0n) is 12.8. The average Bonchev–Trinajstić information content (AvgIpc) is 2.53. The SMILES string of the molecule is CCC(=O)c1ccc(N2CCC3(O)CCCCC3C2)cc1. The monoisotopic (exact) mass is 287 g/mol. The van der Waals surface area contributed by atoms with Gasteiger partial charge in [0.15, 0.2) is 5.78 Å². The standard InChI is InChI=1S/C18H25NO2/c1-2-17(20)14-6-8-16(9-7-14)19-12-11-18(21)10-4-3-5-15(18)13-19/h6-9,15,21H,2-5,10-13H2,1H3. The van der Waals surface area contributed by atoms with Gasteiger partial charge in [-0.25, -0.2) is 0 Å². The molecule has 0 amide bonds. The molecule has 0 aromatic heterocycles. The maximum absolute atomic E-state index is 11.7. The van der Waals surface area contributed by atoms with Gasteiger partial charge in [0.25, 0.3) is 0 Å². The molecule has 3 nitrogen and oxygen atoms in total. The molecule has 1 heterocycles. The number of aliphatic hydroxyl groups is 1. The molecule has 1 aromatic carbocycles. The quantitative estimate of drug-likeness (QED) is 0.866. The van der Waals surface area contributed by atoms with Crippen LogP contribution in [0, 0.1) is 5.92 Å². The van der Waals surface area contributed by atoms with Crippen LogP contribution in [0.4, 0.5) is 5.69 Å². The predicted octanol–water partition coefficient (Wildman–Crippen LogP) is 3.41. The van der Waals surface area contributed by atoms with Gasteiger partial charge in [-0.3, -0.25) is 4.79 Å². The van der Waals surface area contributed by atoms with Crippen molar-refractivity contribution in [3.05, 3.63) is 29.8 Å². The van der Waals surface area contributed by atoms with Gasteiger partial charge in [-0.05, 0) is 43.5 Å². The summed E-state index contributed by atoms with van der Waals surface area (Å²) in [6.45, 7) is 3.75. The number of ketones is 1. The normalized spacial score (nSPS) is 29.0. The largest absolute Gasteiger partial charge is 0.389 e. The highest BCUT2D eigenvalue weighted by Crippen LogP contribution is 2.40. The summed E-state index contributed by atoms with van der Waals surface area (Å²) >= 11 is 0. The summed E-state index contributed by atoms with van der Waals surface area (Å²) in [7, 11) is 0. The zero-order chi connectivity index (χ0) is 14.9. The molecule has 2 aliphatic rings. The van der Waals surface area contributed by atoms with Gasteiger partial charge in [0.05, 0.1) is 5.60 Å². The number of carbonyl (C=O) groups excluding carboxylic acids is 1. The van der Waals surface area contributed by atoms with E-state index in [-0.39, 0.29) is 5.78 Å². The average molecular weight is 287 g/mol. The van der Waals surface area contributed by atoms with Gasteiger partial charge in [0.1, 0.15) is 0 Å². The van der Waals surface area contributed by atoms with Crippen LogP contribution < -0.4 is 4.90 Å². The van der Waals surface area contributed by atoms with E-state index in [0.29, 0.717) is 12.3 Å². The topological polar surface area (TPSA) is 40.5 Å². The number of Topliss-reactive ketones (excluding diaryl/α,β-unsaturated/α-hetero) is 1. The Hall–Kier alpha value is -1.35. The maximum Gasteiger partial charge on any atom is 0.162 e. The van der Waals surface area contributed by atoms with Gasteiger partial charge in [-0.15, -0.1) is 0 Å². The number of hydrogen-bond donors (Lipinski definition) is 1. The van der Waals surface area contributed by atoms with E-state index < -0.39 is 5.60 Å². The summed E-state index contributed by atoms with van der Waals surface area (Å²) in [5, 5.41) is 10.7. The van der Waals surface area contributed by atoms with E-state index in [0.717, 1.165) is 37.9 Å². The number of fused-ring (bicyclic) bond motifs is 1. The highest BCUT2D eigenvalue weighted by atomic mass is 16.3. The summed E-state index contributed by atoms with van der Waals surface area (Å²) in [4.78, 5) is 14.1. The van der Waals surface area contributed by atoms with Crippen LogP contribution in [0.15, 0.2) is 24.3 Å². The van der Waals surface area contributed by atoms with E-state index >= 15 is 0 Å². The molecule has 1 N–H and O–H groups in total. The van der Waals surface area contributed by atoms with Crippen molar-refractivity contribution in [1.82, 2.24) is 0 Å². The van der Waals surface area contributed by atoms with Crippen molar-refractivity contribution >= 4 is 11.5 Å². The van der Waals surface area contributed by atoms with Gasteiger partial charge >= 0.3 is 0 Å². The molecular weight excluding hydrogens is 262 g/mol. The number of anilines is 1. The van der Waals surface area contributed by atoms with Crippen molar-refractivity contribution in [3.63, 3.8) is 0 Å². The molecule has 1 aromatic rings. The molecule has 1 saturated carbocycles. The van der Waals surface area contributed by atoms with Crippen molar-refractivity contribution < 1.29 is 9.90 Å². The van der Waals surface area contributed by atoms with E-state index in [9.17, 15) is 9.90 Å². The van der Waals surface area contributed by atoms with Gasteiger partial charge in [0, 0.05) is 36.7 Å². The number of benzene rings is 1. The molecule has 3 heteroatoms. The fraction of sp³-hybridized carbons (Fsp3) is 0.611. The molecule has 21 heavy (non-hydrogen) atoms. The second-order valence-electron chi connectivity index (χ2n) is 6.57. The van der Waals surface area contributed by atoms with Gasteiger partial charge in [-0.1, -0.05) is 19.8 Å². The van der Waals surface area contributed by atoms with Crippen LogP contribution in [0.3, 0.4) is 0 Å². The minimum Gasteiger partial charge on any atom is -0.389 e. The molecular formula is C18H25NO2. The lowest BCUT2D eigenvalue weighted by Gasteiger charge is -2.48. The second kappa shape index (κ2) is 5.80. The van der Waals surface area contributed by atoms with Crippen molar-refractivity contribution in [2.45, 2.75) is 51.0 Å². The third-order valence-corrected chi connectivity index (χ3v) is 5.30. The Balaban J connectivity index is 1.72. The first-order valence-electron chi connectivity index (χ1n) is 8.23. The number of carbonyl (C=O) groups is 1. The van der Waals surface area contributed by atoms with E-state index in [2.05, 4.69) is 17.0 Å². The zero-order valence-corrected chi connectivity index (χ0v) is 12.8. The number of rotatable bonds is 3. The van der Waals surface area contributed by atoms with Crippen LogP contribution in [-0.2, 0) is 0 Å². The van der Waals surface area contributed by atoms with E-state index in [1.165, 1.54) is 18.5 Å². The van der Waals surface area contributed by atoms with Crippen molar-refractivity contribution in [1.29, 1.82) is 0 Å². The molecule has 0 radical (unpaired) electrons. The smallest absolute Gasteiger partial charge is 0.162 e. The number of hydrogen-bond acceptors (Lipinski definition) is 3. The van der Waals surface area contributed by atoms with Crippen LogP contribution in [0.5, 0.6) is 0 Å². The fourth-order valence-electron chi connectivity index (χ4n) is 3.87. The van der Waals surface area contributed by atoms with E-state index in [1.54, 1.807) is 0 Å². The van der Waals surface area contributed by atoms with Crippen molar-refractivity contribution in [2.75, 3.05) is 18.0 Å². The number of piperidine rings is 1. The minimum atomic E-state index is -0.424. The molecule has 2 atom stereocenters. The van der Waals surface area contributed by atoms with Gasteiger partial charge in [-0.2, -0.15) is 0 Å². The van der Waals surface area contributed by atoms with Crippen LogP contribution >= 0.6 is 0 Å². The van der Waals surface area contributed by atoms with Crippen LogP contribution in [-0.4, -0.2) is 29.6 Å². The maximum atomic E-state index is 11.7. The Kier molecular flexibility index (Phi) is 4.03. The summed E-state index contributed by atoms with van der Waals surface area (Å²) in [5.74, 6) is 0.596. The molecule has 2 fully saturated rings. The Bertz CT molecular complexity index is 510. The predicted molar refractivity (Wildman–Crippen MR) is 84.8 cm³/mol. The molecule has 0 spiro atoms. The summed E-state index contributed by atoms with van der Waals surface area (Å²) < 4.78 is 0. The van der Waals surface area contributed by atoms with Gasteiger partial charge in [0.2, 0.25) is 0 Å². The van der Waals surface area contributed by atoms with E-state index in [4.69, 9.17) is 0 Å². The van der Waals surface area contributed by atoms with Crippen molar-refractivity contribution in [3.8, 4) is 0 Å². The van der Waals surface area contributed by atoms with E-state index in [1.807, 2.05) is 19.1 Å². The van der Waals surface area contributed by atoms with Gasteiger partial charge < -0.3 is 10.0 Å². The minimum absolute atomic E-state index is 0.196. The summed E-state index contributed by atoms with van der Waals surface area (Å²) in [6.07, 6.45) is 5.94. The number of nitrogens with zero attached hydrogens (tertiary/aromatic N) is 1. The summed E-state index contributed by atoms with van der Waals surface area (Å²) in [5.41, 5.74) is 1.55. The molecule has 1 aliphatic heterocycles. The Morgan fingerprint density at radius 1 is 1.29 bits per heavy atom. The molecule has 1 aliphatic carbocycles. The lowest BCUT2D eigenvalue weighted by Crippen LogP contribution is -2.53. The molecule has 0 bridgehead atoms. The fourth-order valence-corrected chi connectivity index (χ4v) is 3.87. The lowest BCUT2D eigenvalue weighted by atomic mass is 9.71. The lowest BCUT2D eigenvalue weighted by molar-refractivity contribution is -0.0612. The second-order valence-corrected chi connectivity index (χ2v) is 6.57.